The Labute approximate surface area is 244 Å². The van der Waals surface area contributed by atoms with Crippen molar-refractivity contribution in [3.63, 3.8) is 0 Å². The van der Waals surface area contributed by atoms with E-state index in [1.54, 1.807) is 18.2 Å². The molecule has 0 saturated heterocycles. The average Bonchev–Trinajstić information content (AvgIpc) is 3.55. The lowest BCUT2D eigenvalue weighted by Gasteiger charge is -2.17. The summed E-state index contributed by atoms with van der Waals surface area (Å²) in [5.74, 6) is 0. The fourth-order valence-electron chi connectivity index (χ4n) is 5.42. The summed E-state index contributed by atoms with van der Waals surface area (Å²) in [6.45, 7) is 0. The Kier molecular flexibility index (Phi) is 2.82. The lowest BCUT2D eigenvalue weighted by atomic mass is 9.85. The first-order valence-electron chi connectivity index (χ1n) is 18.8. The van der Waals surface area contributed by atoms with Crippen molar-refractivity contribution in [3.8, 4) is 33.4 Å². The van der Waals surface area contributed by atoms with Crippen molar-refractivity contribution in [1.29, 1.82) is 0 Å². The molecule has 1 heterocycles. The second-order valence-corrected chi connectivity index (χ2v) is 9.08. The van der Waals surface area contributed by atoms with Crippen molar-refractivity contribution in [3.05, 3.63) is 145 Å². The van der Waals surface area contributed by atoms with Crippen LogP contribution in [0.2, 0.25) is 0 Å². The maximum absolute atomic E-state index is 9.25. The molecule has 39 heavy (non-hydrogen) atoms. The largest absolute Gasteiger partial charge is 0.455 e. The third-order valence-electron chi connectivity index (χ3n) is 7.00. The Bertz CT molecular complexity index is 2770. The van der Waals surface area contributed by atoms with Gasteiger partial charge in [0.15, 0.2) is 0 Å². The molecule has 0 radical (unpaired) electrons. The molecule has 0 amide bonds. The second kappa shape index (κ2) is 8.72. The molecule has 8 aromatic rings. The highest BCUT2D eigenvalue weighted by Gasteiger charge is 2.21. The van der Waals surface area contributed by atoms with Crippen LogP contribution in [0.25, 0.3) is 76.9 Å². The van der Waals surface area contributed by atoms with Gasteiger partial charge in [-0.1, -0.05) is 139 Å². The van der Waals surface area contributed by atoms with Crippen LogP contribution >= 0.6 is 0 Å². The van der Waals surface area contributed by atoms with Gasteiger partial charge in [0.1, 0.15) is 11.2 Å². The fraction of sp³-hybridized carbons (Fsp3) is 0. The normalized spacial score (nSPS) is 16.3. The van der Waals surface area contributed by atoms with E-state index in [0.29, 0.717) is 16.6 Å². The van der Waals surface area contributed by atoms with Gasteiger partial charge in [0.25, 0.3) is 0 Å². The predicted octanol–water partition coefficient (Wildman–Crippen LogP) is 10.9. The van der Waals surface area contributed by atoms with Gasteiger partial charge >= 0.3 is 0 Å². The van der Waals surface area contributed by atoms with Crippen LogP contribution in [0.3, 0.4) is 0 Å². The summed E-state index contributed by atoms with van der Waals surface area (Å²) >= 11 is 0. The monoisotopic (exact) mass is 509 g/mol. The molecule has 0 atom stereocenters. The number of furan rings is 1. The van der Waals surface area contributed by atoms with E-state index in [0.717, 1.165) is 16.5 Å². The van der Waals surface area contributed by atoms with E-state index in [1.165, 1.54) is 0 Å². The van der Waals surface area contributed by atoms with E-state index in [-0.39, 0.29) is 38.2 Å². The first kappa shape index (κ1) is 12.6. The Morgan fingerprint density at radius 2 is 1.03 bits per heavy atom. The van der Waals surface area contributed by atoms with Crippen molar-refractivity contribution in [1.82, 2.24) is 0 Å². The molecule has 1 heteroatoms. The standard InChI is InChI=1S/C38H24O/c1-3-13-25(14-4-1)27-21-12-24-34-37(27)33-23-11-22-32(38(33)39-34)36-30-19-9-7-17-28(30)35(26-15-5-2-6-16-26)29-18-8-10-20-31(29)36/h1-24H/i2D,5D,6D,7D,8D,9D,10D,15D,16D,17D,18D,19D,20D. The molecule has 0 fully saturated rings. The number of rotatable bonds is 3. The molecule has 0 N–H and O–H groups in total. The molecule has 7 aromatic carbocycles. The highest BCUT2D eigenvalue weighted by Crippen LogP contribution is 2.47. The van der Waals surface area contributed by atoms with Crippen molar-refractivity contribution in [2.24, 2.45) is 0 Å². The van der Waals surface area contributed by atoms with E-state index in [2.05, 4.69) is 0 Å². The summed E-state index contributed by atoms with van der Waals surface area (Å²) in [4.78, 5) is 0. The van der Waals surface area contributed by atoms with Crippen LogP contribution in [0.15, 0.2) is 150 Å². The van der Waals surface area contributed by atoms with Crippen LogP contribution in [-0.2, 0) is 0 Å². The smallest absolute Gasteiger partial charge is 0.143 e. The minimum atomic E-state index is -0.718. The highest BCUT2D eigenvalue weighted by molar-refractivity contribution is 6.25. The molecule has 1 nitrogen and oxygen atoms in total. The molecular formula is C38H24O. The fourth-order valence-corrected chi connectivity index (χ4v) is 5.42. The van der Waals surface area contributed by atoms with E-state index < -0.39 is 84.1 Å². The van der Waals surface area contributed by atoms with Crippen molar-refractivity contribution < 1.29 is 22.2 Å². The molecule has 0 unspecified atom stereocenters. The van der Waals surface area contributed by atoms with Crippen LogP contribution < -0.4 is 0 Å². The second-order valence-electron chi connectivity index (χ2n) is 9.08. The van der Waals surface area contributed by atoms with Gasteiger partial charge in [-0.05, 0) is 49.9 Å². The van der Waals surface area contributed by atoms with Gasteiger partial charge in [-0.3, -0.25) is 0 Å². The van der Waals surface area contributed by atoms with E-state index in [4.69, 9.17) is 16.8 Å². The number of benzene rings is 7. The zero-order valence-corrected chi connectivity index (χ0v) is 20.3. The number of para-hydroxylation sites is 1. The molecule has 0 aliphatic rings. The molecule has 0 saturated carbocycles. The minimum Gasteiger partial charge on any atom is -0.455 e. The van der Waals surface area contributed by atoms with Gasteiger partial charge in [-0.25, -0.2) is 0 Å². The maximum Gasteiger partial charge on any atom is 0.143 e. The number of hydrogen-bond acceptors (Lipinski definition) is 1. The van der Waals surface area contributed by atoms with Crippen LogP contribution in [0.5, 0.6) is 0 Å². The molecule has 0 aliphatic carbocycles. The average molecular weight is 510 g/mol. The molecular weight excluding hydrogens is 472 g/mol. The number of fused-ring (bicyclic) bond motifs is 5. The van der Waals surface area contributed by atoms with Crippen molar-refractivity contribution >= 4 is 43.5 Å². The Balaban J connectivity index is 1.69. The topological polar surface area (TPSA) is 13.1 Å². The van der Waals surface area contributed by atoms with Crippen LogP contribution in [0.1, 0.15) is 17.8 Å². The van der Waals surface area contributed by atoms with Crippen molar-refractivity contribution in [2.75, 3.05) is 0 Å². The summed E-state index contributed by atoms with van der Waals surface area (Å²) in [7, 11) is 0. The van der Waals surface area contributed by atoms with Gasteiger partial charge in [-0.2, -0.15) is 0 Å². The van der Waals surface area contributed by atoms with Gasteiger partial charge in [0.2, 0.25) is 0 Å². The first-order valence-corrected chi connectivity index (χ1v) is 12.3. The van der Waals surface area contributed by atoms with Crippen LogP contribution in [-0.4, -0.2) is 0 Å². The molecule has 1 aromatic heterocycles. The highest BCUT2D eigenvalue weighted by atomic mass is 16.3. The summed E-state index contributed by atoms with van der Waals surface area (Å²) in [6, 6.07) is 12.0. The van der Waals surface area contributed by atoms with E-state index >= 15 is 0 Å². The van der Waals surface area contributed by atoms with E-state index in [1.807, 2.05) is 48.5 Å². The van der Waals surface area contributed by atoms with Crippen LogP contribution in [0, 0.1) is 0 Å². The first-order chi connectivity index (χ1) is 24.8. The summed E-state index contributed by atoms with van der Waals surface area (Å²) in [5.41, 5.74) is 2.09. The SMILES string of the molecule is [2H]c1c([2H])c([2H])c(-c2c3c([2H])c([2H])c([2H])c([2H])c3c(-c3cccc4c3oc3cccc(-c5ccccc5)c34)c3c([2H])c([2H])c([2H])c([2H])c23)c([2H])c1[2H]. The molecule has 8 rings (SSSR count). The lowest BCUT2D eigenvalue weighted by molar-refractivity contribution is 0.670. The van der Waals surface area contributed by atoms with Gasteiger partial charge < -0.3 is 4.42 Å². The van der Waals surface area contributed by atoms with Gasteiger partial charge in [0.05, 0.1) is 17.8 Å². The third kappa shape index (κ3) is 3.34. The third-order valence-corrected chi connectivity index (χ3v) is 7.00. The van der Waals surface area contributed by atoms with Crippen LogP contribution in [0.4, 0.5) is 0 Å². The lowest BCUT2D eigenvalue weighted by Crippen LogP contribution is -1.91. The molecule has 182 valence electrons. The van der Waals surface area contributed by atoms with Gasteiger partial charge in [0, 0.05) is 21.9 Å². The number of hydrogen-bond donors (Lipinski definition) is 0. The Hall–Kier alpha value is -5.14. The predicted molar refractivity (Wildman–Crippen MR) is 165 cm³/mol. The van der Waals surface area contributed by atoms with E-state index in [9.17, 15) is 5.48 Å². The molecule has 0 spiro atoms. The van der Waals surface area contributed by atoms with Gasteiger partial charge in [-0.15, -0.1) is 0 Å². The molecule has 0 bridgehead atoms. The zero-order valence-electron chi connectivity index (χ0n) is 33.3. The summed E-state index contributed by atoms with van der Waals surface area (Å²) < 4.78 is 121. The quantitative estimate of drug-likeness (QED) is 0.216. The zero-order chi connectivity index (χ0) is 37.1. The summed E-state index contributed by atoms with van der Waals surface area (Å²) in [6.07, 6.45) is 0. The maximum atomic E-state index is 9.25. The van der Waals surface area contributed by atoms with Crippen molar-refractivity contribution in [2.45, 2.75) is 0 Å². The summed E-state index contributed by atoms with van der Waals surface area (Å²) in [5, 5.41) is 0.539. The molecule has 0 aliphatic heterocycles. The Morgan fingerprint density at radius 1 is 0.436 bits per heavy atom. The Morgan fingerprint density at radius 3 is 1.72 bits per heavy atom. The minimum absolute atomic E-state index is 0.0195.